The van der Waals surface area contributed by atoms with Crippen molar-refractivity contribution in [2.45, 2.75) is 65.1 Å². The average molecular weight is 371 g/mol. The molecule has 1 aromatic carbocycles. The summed E-state index contributed by atoms with van der Waals surface area (Å²) in [5.74, 6) is -0.219. The van der Waals surface area contributed by atoms with Crippen LogP contribution in [0, 0.1) is 12.8 Å². The summed E-state index contributed by atoms with van der Waals surface area (Å²) in [6.07, 6.45) is 1.98. The molecule has 27 heavy (non-hydrogen) atoms. The Bertz CT molecular complexity index is 754. The van der Waals surface area contributed by atoms with Crippen molar-refractivity contribution in [2.24, 2.45) is 5.92 Å². The summed E-state index contributed by atoms with van der Waals surface area (Å²) in [7, 11) is 0. The molecule has 1 aliphatic carbocycles. The topological polar surface area (TPSA) is 69.7 Å². The summed E-state index contributed by atoms with van der Waals surface area (Å²) >= 11 is 0. The van der Waals surface area contributed by atoms with E-state index in [1.54, 1.807) is 6.92 Å². The smallest absolute Gasteiger partial charge is 0.325 e. The molecule has 0 spiro atoms. The van der Waals surface area contributed by atoms with Gasteiger partial charge >= 0.3 is 6.03 Å². The monoisotopic (exact) mass is 371 g/mol. The van der Waals surface area contributed by atoms with E-state index in [4.69, 9.17) is 0 Å². The second-order valence-electron chi connectivity index (χ2n) is 8.33. The average Bonchev–Trinajstić information content (AvgIpc) is 3.40. The van der Waals surface area contributed by atoms with Crippen molar-refractivity contribution in [3.8, 4) is 0 Å². The number of hydrogen-bond acceptors (Lipinski definition) is 3. The zero-order valence-corrected chi connectivity index (χ0v) is 16.8. The molecule has 1 aliphatic heterocycles. The van der Waals surface area contributed by atoms with Gasteiger partial charge in [0.25, 0.3) is 5.91 Å². The van der Waals surface area contributed by atoms with E-state index in [-0.39, 0.29) is 30.4 Å². The Morgan fingerprint density at radius 2 is 1.81 bits per heavy atom. The van der Waals surface area contributed by atoms with Crippen molar-refractivity contribution in [3.63, 3.8) is 0 Å². The molecule has 1 N–H and O–H groups in total. The van der Waals surface area contributed by atoms with Gasteiger partial charge in [0.2, 0.25) is 5.91 Å². The SMILES string of the molecule is Cc1ccc(C2(C)NC(=O)N(CC(=O)N(C3CC3)C(C)C(C)C)C2=O)cc1. The van der Waals surface area contributed by atoms with Crippen LogP contribution in [0.4, 0.5) is 4.79 Å². The summed E-state index contributed by atoms with van der Waals surface area (Å²) < 4.78 is 0. The van der Waals surface area contributed by atoms with Crippen molar-refractivity contribution in [2.75, 3.05) is 6.54 Å². The van der Waals surface area contributed by atoms with E-state index in [9.17, 15) is 14.4 Å². The van der Waals surface area contributed by atoms with Gasteiger partial charge in [-0.05, 0) is 45.1 Å². The minimum absolute atomic E-state index is 0.0780. The van der Waals surface area contributed by atoms with E-state index in [1.165, 1.54) is 0 Å². The van der Waals surface area contributed by atoms with Gasteiger partial charge in [-0.3, -0.25) is 14.5 Å². The maximum atomic E-state index is 13.0. The highest BCUT2D eigenvalue weighted by Gasteiger charge is 2.50. The first-order valence-electron chi connectivity index (χ1n) is 9.67. The molecule has 2 aliphatic rings. The van der Waals surface area contributed by atoms with Gasteiger partial charge < -0.3 is 10.2 Å². The standard InChI is InChI=1S/C21H29N3O3/c1-13(2)15(4)24(17-10-11-17)18(25)12-23-19(26)21(5,22-20(23)27)16-8-6-14(3)7-9-16/h6-9,13,15,17H,10-12H2,1-5H3,(H,22,27). The van der Waals surface area contributed by atoms with Gasteiger partial charge in [0, 0.05) is 12.1 Å². The number of nitrogens with zero attached hydrogens (tertiary/aromatic N) is 2. The van der Waals surface area contributed by atoms with E-state index in [0.29, 0.717) is 5.92 Å². The molecular formula is C21H29N3O3. The third-order valence-corrected chi connectivity index (χ3v) is 5.83. The number of carbonyl (C=O) groups excluding carboxylic acids is 3. The molecule has 4 amide bonds. The minimum atomic E-state index is -1.14. The second-order valence-corrected chi connectivity index (χ2v) is 8.33. The summed E-state index contributed by atoms with van der Waals surface area (Å²) in [4.78, 5) is 41.4. The van der Waals surface area contributed by atoms with Gasteiger partial charge in [0.15, 0.2) is 0 Å². The van der Waals surface area contributed by atoms with Crippen LogP contribution in [-0.4, -0.2) is 46.3 Å². The largest absolute Gasteiger partial charge is 0.335 e. The molecule has 146 valence electrons. The predicted octanol–water partition coefficient (Wildman–Crippen LogP) is 2.80. The fraction of sp³-hybridized carbons (Fsp3) is 0.571. The molecule has 0 aromatic heterocycles. The predicted molar refractivity (Wildman–Crippen MR) is 103 cm³/mol. The maximum absolute atomic E-state index is 13.0. The van der Waals surface area contributed by atoms with Crippen molar-refractivity contribution in [1.29, 1.82) is 0 Å². The molecule has 6 heteroatoms. The first-order chi connectivity index (χ1) is 12.6. The molecule has 1 aromatic rings. The highest BCUT2D eigenvalue weighted by molar-refractivity contribution is 6.09. The number of aryl methyl sites for hydroxylation is 1. The highest BCUT2D eigenvalue weighted by Crippen LogP contribution is 2.32. The Morgan fingerprint density at radius 3 is 2.33 bits per heavy atom. The van der Waals surface area contributed by atoms with Crippen molar-refractivity contribution < 1.29 is 14.4 Å². The lowest BCUT2D eigenvalue weighted by molar-refractivity contribution is -0.141. The van der Waals surface area contributed by atoms with Crippen LogP contribution in [0.2, 0.25) is 0 Å². The molecule has 0 bridgehead atoms. The van der Waals surface area contributed by atoms with Crippen molar-refractivity contribution >= 4 is 17.8 Å². The Balaban J connectivity index is 1.79. The molecule has 0 radical (unpaired) electrons. The fourth-order valence-electron chi connectivity index (χ4n) is 3.58. The lowest BCUT2D eigenvalue weighted by atomic mass is 9.91. The minimum Gasteiger partial charge on any atom is -0.335 e. The molecule has 1 heterocycles. The lowest BCUT2D eigenvalue weighted by Gasteiger charge is -2.33. The molecule has 2 fully saturated rings. The summed E-state index contributed by atoms with van der Waals surface area (Å²) in [5, 5.41) is 2.77. The zero-order chi connectivity index (χ0) is 19.9. The molecule has 1 saturated heterocycles. The van der Waals surface area contributed by atoms with Crippen LogP contribution in [0.15, 0.2) is 24.3 Å². The van der Waals surface area contributed by atoms with E-state index < -0.39 is 11.6 Å². The van der Waals surface area contributed by atoms with E-state index >= 15 is 0 Å². The van der Waals surface area contributed by atoms with Gasteiger partial charge in [-0.2, -0.15) is 0 Å². The lowest BCUT2D eigenvalue weighted by Crippen LogP contribution is -2.49. The van der Waals surface area contributed by atoms with Crippen LogP contribution in [0.1, 0.15) is 51.7 Å². The van der Waals surface area contributed by atoms with Crippen LogP contribution >= 0.6 is 0 Å². The second kappa shape index (κ2) is 6.98. The summed E-state index contributed by atoms with van der Waals surface area (Å²) in [6.45, 7) is 9.64. The van der Waals surface area contributed by atoms with Gasteiger partial charge in [-0.1, -0.05) is 43.7 Å². The van der Waals surface area contributed by atoms with Gasteiger partial charge in [0.1, 0.15) is 12.1 Å². The van der Waals surface area contributed by atoms with Crippen LogP contribution in [-0.2, 0) is 15.1 Å². The zero-order valence-electron chi connectivity index (χ0n) is 16.8. The number of rotatable bonds is 6. The molecule has 2 atom stereocenters. The van der Waals surface area contributed by atoms with Crippen molar-refractivity contribution in [1.82, 2.24) is 15.1 Å². The number of carbonyl (C=O) groups is 3. The number of imide groups is 1. The van der Waals surface area contributed by atoms with E-state index in [0.717, 1.165) is 28.9 Å². The number of amides is 4. The Morgan fingerprint density at radius 1 is 1.22 bits per heavy atom. The van der Waals surface area contributed by atoms with Crippen LogP contribution < -0.4 is 5.32 Å². The quantitative estimate of drug-likeness (QED) is 0.782. The summed E-state index contributed by atoms with van der Waals surface area (Å²) in [5.41, 5.74) is 0.656. The van der Waals surface area contributed by atoms with Crippen molar-refractivity contribution in [3.05, 3.63) is 35.4 Å². The fourth-order valence-corrected chi connectivity index (χ4v) is 3.58. The van der Waals surface area contributed by atoms with E-state index in [1.807, 2.05) is 43.0 Å². The molecule has 6 nitrogen and oxygen atoms in total. The number of urea groups is 1. The highest BCUT2D eigenvalue weighted by atomic mass is 16.2. The normalized spacial score (nSPS) is 23.6. The van der Waals surface area contributed by atoms with E-state index in [2.05, 4.69) is 19.2 Å². The third kappa shape index (κ3) is 3.57. The van der Waals surface area contributed by atoms with Gasteiger partial charge in [0.05, 0.1) is 0 Å². The van der Waals surface area contributed by atoms with Gasteiger partial charge in [-0.15, -0.1) is 0 Å². The van der Waals surface area contributed by atoms with Crippen LogP contribution in [0.3, 0.4) is 0 Å². The Labute approximate surface area is 160 Å². The number of benzene rings is 1. The van der Waals surface area contributed by atoms with Crippen LogP contribution in [0.25, 0.3) is 0 Å². The number of hydrogen-bond donors (Lipinski definition) is 1. The molecule has 3 rings (SSSR count). The molecule has 1 saturated carbocycles. The number of nitrogens with one attached hydrogen (secondary N) is 1. The van der Waals surface area contributed by atoms with Crippen LogP contribution in [0.5, 0.6) is 0 Å². The van der Waals surface area contributed by atoms with Gasteiger partial charge in [-0.25, -0.2) is 4.79 Å². The first-order valence-corrected chi connectivity index (χ1v) is 9.67. The Hall–Kier alpha value is -2.37. The summed E-state index contributed by atoms with van der Waals surface area (Å²) in [6, 6.07) is 7.31. The molecule has 2 unspecified atom stereocenters. The molecular weight excluding hydrogens is 342 g/mol. The maximum Gasteiger partial charge on any atom is 0.325 e. The first kappa shape index (κ1) is 19.4. The third-order valence-electron chi connectivity index (χ3n) is 5.83. The Kier molecular flexibility index (Phi) is 5.02.